The Balaban J connectivity index is 1.57. The smallest absolute Gasteiger partial charge is 0.321 e. The third-order valence-electron chi connectivity index (χ3n) is 3.91. The van der Waals surface area contributed by atoms with Gasteiger partial charge in [0.2, 0.25) is 5.88 Å². The first kappa shape index (κ1) is 16.8. The molecule has 1 aromatic carbocycles. The van der Waals surface area contributed by atoms with E-state index in [1.807, 2.05) is 0 Å². The Morgan fingerprint density at radius 2 is 2.08 bits per heavy atom. The molecule has 2 amide bonds. The van der Waals surface area contributed by atoms with Crippen molar-refractivity contribution < 1.29 is 19.0 Å². The fourth-order valence-electron chi connectivity index (χ4n) is 2.64. The van der Waals surface area contributed by atoms with Crippen LogP contribution in [0.5, 0.6) is 17.4 Å². The van der Waals surface area contributed by atoms with Gasteiger partial charge in [-0.2, -0.15) is 0 Å². The van der Waals surface area contributed by atoms with E-state index in [9.17, 15) is 4.79 Å². The van der Waals surface area contributed by atoms with Crippen LogP contribution in [0.25, 0.3) is 0 Å². The van der Waals surface area contributed by atoms with Crippen molar-refractivity contribution in [3.05, 3.63) is 36.8 Å². The molecule has 132 valence electrons. The van der Waals surface area contributed by atoms with E-state index in [2.05, 4.69) is 15.3 Å². The first-order chi connectivity index (χ1) is 12.2. The van der Waals surface area contributed by atoms with Crippen LogP contribution in [0.4, 0.5) is 10.5 Å². The number of anilines is 1. The second-order valence-electron chi connectivity index (χ2n) is 5.52. The van der Waals surface area contributed by atoms with Crippen LogP contribution >= 0.6 is 0 Å². The lowest BCUT2D eigenvalue weighted by Crippen LogP contribution is -2.34. The predicted molar refractivity (Wildman–Crippen MR) is 91.2 cm³/mol. The van der Waals surface area contributed by atoms with Crippen LogP contribution in [0.15, 0.2) is 36.8 Å². The molecule has 1 atom stereocenters. The highest BCUT2D eigenvalue weighted by Gasteiger charge is 2.28. The molecule has 1 aromatic heterocycles. The molecule has 0 bridgehead atoms. The van der Waals surface area contributed by atoms with Crippen LogP contribution in [0.2, 0.25) is 0 Å². The largest absolute Gasteiger partial charge is 0.493 e. The van der Waals surface area contributed by atoms with Gasteiger partial charge in [-0.3, -0.25) is 0 Å². The normalized spacial score (nSPS) is 16.4. The Bertz CT molecular complexity index is 726. The van der Waals surface area contributed by atoms with Crippen molar-refractivity contribution in [2.75, 3.05) is 32.6 Å². The van der Waals surface area contributed by atoms with E-state index >= 15 is 0 Å². The van der Waals surface area contributed by atoms with Crippen molar-refractivity contribution in [2.45, 2.75) is 12.5 Å². The standard InChI is InChI=1S/C17H20N4O4/c1-23-14-4-3-12(9-15(14)24-2)20-17(22)21-8-6-13(10-21)25-16-5-7-18-11-19-16/h3-5,7,9,11,13H,6,8,10H2,1-2H3,(H,20,22)/t13-/m0/s1. The Hall–Kier alpha value is -3.03. The highest BCUT2D eigenvalue weighted by Crippen LogP contribution is 2.30. The van der Waals surface area contributed by atoms with Gasteiger partial charge in [0.25, 0.3) is 0 Å². The molecular formula is C17H20N4O4. The number of amides is 2. The molecule has 1 fully saturated rings. The summed E-state index contributed by atoms with van der Waals surface area (Å²) in [4.78, 5) is 22.0. The fourth-order valence-corrected chi connectivity index (χ4v) is 2.64. The monoisotopic (exact) mass is 344 g/mol. The first-order valence-electron chi connectivity index (χ1n) is 7.90. The van der Waals surface area contributed by atoms with Gasteiger partial charge in [-0.1, -0.05) is 0 Å². The molecule has 0 aliphatic carbocycles. The number of rotatable bonds is 5. The van der Waals surface area contributed by atoms with Gasteiger partial charge >= 0.3 is 6.03 Å². The Kier molecular flexibility index (Phi) is 5.17. The van der Waals surface area contributed by atoms with Crippen LogP contribution in [-0.4, -0.2) is 54.3 Å². The number of carbonyl (C=O) groups excluding carboxylic acids is 1. The fraction of sp³-hybridized carbons (Fsp3) is 0.353. The van der Waals surface area contributed by atoms with E-state index in [1.165, 1.54) is 6.33 Å². The summed E-state index contributed by atoms with van der Waals surface area (Å²) in [6.45, 7) is 1.12. The number of benzene rings is 1. The molecule has 8 nitrogen and oxygen atoms in total. The summed E-state index contributed by atoms with van der Waals surface area (Å²) < 4.78 is 16.2. The van der Waals surface area contributed by atoms with Crippen molar-refractivity contribution >= 4 is 11.7 Å². The lowest BCUT2D eigenvalue weighted by atomic mass is 10.3. The van der Waals surface area contributed by atoms with Crippen molar-refractivity contribution in [3.63, 3.8) is 0 Å². The zero-order valence-electron chi connectivity index (χ0n) is 14.1. The van der Waals surface area contributed by atoms with Gasteiger partial charge in [-0.15, -0.1) is 0 Å². The van der Waals surface area contributed by atoms with Crippen LogP contribution in [-0.2, 0) is 0 Å². The van der Waals surface area contributed by atoms with Crippen LogP contribution in [0, 0.1) is 0 Å². The average molecular weight is 344 g/mol. The summed E-state index contributed by atoms with van der Waals surface area (Å²) in [6.07, 6.45) is 3.74. The molecule has 1 saturated heterocycles. The van der Waals surface area contributed by atoms with Gasteiger partial charge in [0.05, 0.1) is 20.8 Å². The first-order valence-corrected chi connectivity index (χ1v) is 7.90. The van der Waals surface area contributed by atoms with E-state index < -0.39 is 0 Å². The summed E-state index contributed by atoms with van der Waals surface area (Å²) in [6, 6.07) is 6.76. The topological polar surface area (TPSA) is 85.8 Å². The lowest BCUT2D eigenvalue weighted by Gasteiger charge is -2.18. The molecule has 3 rings (SSSR count). The summed E-state index contributed by atoms with van der Waals surface area (Å²) in [7, 11) is 3.12. The molecule has 2 heterocycles. The number of carbonyl (C=O) groups is 1. The third kappa shape index (κ3) is 4.09. The maximum atomic E-state index is 12.4. The number of urea groups is 1. The second kappa shape index (κ2) is 7.69. The average Bonchev–Trinajstić information content (AvgIpc) is 3.11. The summed E-state index contributed by atoms with van der Waals surface area (Å²) in [5.41, 5.74) is 0.641. The van der Waals surface area contributed by atoms with E-state index in [-0.39, 0.29) is 12.1 Å². The molecule has 25 heavy (non-hydrogen) atoms. The minimum atomic E-state index is -0.180. The number of likely N-dealkylation sites (tertiary alicyclic amines) is 1. The molecule has 1 aliphatic rings. The van der Waals surface area contributed by atoms with Crippen molar-refractivity contribution in [3.8, 4) is 17.4 Å². The lowest BCUT2D eigenvalue weighted by molar-refractivity contribution is 0.189. The number of ether oxygens (including phenoxy) is 3. The minimum absolute atomic E-state index is 0.0777. The third-order valence-corrected chi connectivity index (χ3v) is 3.91. The van der Waals surface area contributed by atoms with E-state index in [1.54, 1.807) is 49.6 Å². The molecular weight excluding hydrogens is 324 g/mol. The van der Waals surface area contributed by atoms with Crippen molar-refractivity contribution in [1.82, 2.24) is 14.9 Å². The van der Waals surface area contributed by atoms with E-state index in [4.69, 9.17) is 14.2 Å². The predicted octanol–water partition coefficient (Wildman–Crippen LogP) is 2.18. The zero-order chi connectivity index (χ0) is 17.6. The van der Waals surface area contributed by atoms with Gasteiger partial charge in [0, 0.05) is 37.0 Å². The van der Waals surface area contributed by atoms with Gasteiger partial charge < -0.3 is 24.4 Å². The Morgan fingerprint density at radius 1 is 1.24 bits per heavy atom. The van der Waals surface area contributed by atoms with Crippen LogP contribution < -0.4 is 19.5 Å². The van der Waals surface area contributed by atoms with Crippen LogP contribution in [0.1, 0.15) is 6.42 Å². The summed E-state index contributed by atoms with van der Waals surface area (Å²) in [5.74, 6) is 1.69. The molecule has 0 spiro atoms. The zero-order valence-corrected chi connectivity index (χ0v) is 14.1. The minimum Gasteiger partial charge on any atom is -0.493 e. The Labute approximate surface area is 145 Å². The molecule has 2 aromatic rings. The maximum Gasteiger partial charge on any atom is 0.321 e. The Morgan fingerprint density at radius 3 is 2.80 bits per heavy atom. The molecule has 0 radical (unpaired) electrons. The van der Waals surface area contributed by atoms with Gasteiger partial charge in [0.1, 0.15) is 12.4 Å². The quantitative estimate of drug-likeness (QED) is 0.895. The second-order valence-corrected chi connectivity index (χ2v) is 5.52. The molecule has 8 heteroatoms. The van der Waals surface area contributed by atoms with Crippen molar-refractivity contribution in [1.29, 1.82) is 0 Å². The number of hydrogen-bond acceptors (Lipinski definition) is 6. The number of aromatic nitrogens is 2. The van der Waals surface area contributed by atoms with Crippen LogP contribution in [0.3, 0.4) is 0 Å². The summed E-state index contributed by atoms with van der Waals surface area (Å²) in [5, 5.41) is 2.86. The number of hydrogen-bond donors (Lipinski definition) is 1. The van der Waals surface area contributed by atoms with Gasteiger partial charge in [0.15, 0.2) is 11.5 Å². The molecule has 1 aliphatic heterocycles. The molecule has 0 saturated carbocycles. The van der Waals surface area contributed by atoms with Gasteiger partial charge in [-0.05, 0) is 12.1 Å². The number of nitrogens with one attached hydrogen (secondary N) is 1. The molecule has 0 unspecified atom stereocenters. The summed E-state index contributed by atoms with van der Waals surface area (Å²) >= 11 is 0. The van der Waals surface area contributed by atoms with Gasteiger partial charge in [-0.25, -0.2) is 14.8 Å². The van der Waals surface area contributed by atoms with E-state index in [0.717, 1.165) is 6.42 Å². The number of methoxy groups -OCH3 is 2. The maximum absolute atomic E-state index is 12.4. The van der Waals surface area contributed by atoms with Crippen molar-refractivity contribution in [2.24, 2.45) is 0 Å². The molecule has 1 N–H and O–H groups in total. The number of nitrogens with zero attached hydrogens (tertiary/aromatic N) is 3. The highest BCUT2D eigenvalue weighted by molar-refractivity contribution is 5.90. The highest BCUT2D eigenvalue weighted by atomic mass is 16.5. The SMILES string of the molecule is COc1ccc(NC(=O)N2CC[C@H](Oc3ccncn3)C2)cc1OC. The van der Waals surface area contributed by atoms with E-state index in [0.29, 0.717) is 36.2 Å².